The number of methoxy groups -OCH3 is 1. The highest BCUT2D eigenvalue weighted by molar-refractivity contribution is 5.70. The van der Waals surface area contributed by atoms with Crippen LogP contribution >= 0.6 is 0 Å². The van der Waals surface area contributed by atoms with E-state index in [4.69, 9.17) is 9.47 Å². The van der Waals surface area contributed by atoms with E-state index in [0.29, 0.717) is 5.56 Å². The van der Waals surface area contributed by atoms with Crippen LogP contribution in [0, 0.1) is 5.82 Å². The molecular weight excluding hydrogens is 353 g/mol. The number of esters is 1. The van der Waals surface area contributed by atoms with Gasteiger partial charge in [-0.2, -0.15) is 0 Å². The molecule has 0 bridgehead atoms. The van der Waals surface area contributed by atoms with Gasteiger partial charge in [0.15, 0.2) is 18.2 Å². The number of hydrogen-bond acceptors (Lipinski definition) is 5. The molecule has 27 heavy (non-hydrogen) atoms. The highest BCUT2D eigenvalue weighted by Crippen LogP contribution is 2.23. The Morgan fingerprint density at radius 1 is 1.15 bits per heavy atom. The molecule has 0 aliphatic heterocycles. The van der Waals surface area contributed by atoms with Gasteiger partial charge in [0.2, 0.25) is 0 Å². The van der Waals surface area contributed by atoms with Crippen LogP contribution in [0.15, 0.2) is 48.5 Å². The van der Waals surface area contributed by atoms with Crippen molar-refractivity contribution in [2.24, 2.45) is 0 Å². The van der Waals surface area contributed by atoms with E-state index in [9.17, 15) is 14.0 Å². The summed E-state index contributed by atoms with van der Waals surface area (Å²) in [5.41, 5.74) is 1.58. The van der Waals surface area contributed by atoms with Crippen molar-refractivity contribution in [2.45, 2.75) is 19.4 Å². The lowest BCUT2D eigenvalue weighted by molar-refractivity contribution is -0.142. The quantitative estimate of drug-likeness (QED) is 0.716. The molecule has 2 rings (SSSR count). The van der Waals surface area contributed by atoms with Crippen LogP contribution < -0.4 is 10.1 Å². The Kier molecular flexibility index (Phi) is 7.61. The number of benzene rings is 2. The van der Waals surface area contributed by atoms with Gasteiger partial charge in [-0.15, -0.1) is 0 Å². The molecule has 0 fully saturated rings. The second-order valence-corrected chi connectivity index (χ2v) is 5.90. The Morgan fingerprint density at radius 2 is 1.89 bits per heavy atom. The first-order valence-electron chi connectivity index (χ1n) is 8.43. The van der Waals surface area contributed by atoms with Gasteiger partial charge in [-0.1, -0.05) is 43.3 Å². The Morgan fingerprint density at radius 3 is 2.56 bits per heavy atom. The molecular formula is C20H22FNO5. The average molecular weight is 375 g/mol. The molecule has 2 aromatic rings. The van der Waals surface area contributed by atoms with Crippen LogP contribution in [0.4, 0.5) is 9.18 Å². The maximum absolute atomic E-state index is 14.1. The highest BCUT2D eigenvalue weighted by Gasteiger charge is 2.13. The summed E-state index contributed by atoms with van der Waals surface area (Å²) in [5, 5.41) is 2.66. The Hall–Kier alpha value is -3.09. The van der Waals surface area contributed by atoms with Crippen LogP contribution in [0.5, 0.6) is 5.75 Å². The van der Waals surface area contributed by atoms with Crippen molar-refractivity contribution in [3.63, 3.8) is 0 Å². The molecule has 1 N–H and O–H groups in total. The van der Waals surface area contributed by atoms with E-state index in [1.807, 2.05) is 37.3 Å². The molecule has 0 aromatic heterocycles. The van der Waals surface area contributed by atoms with Crippen LogP contribution in [0.1, 0.15) is 24.0 Å². The fourth-order valence-electron chi connectivity index (χ4n) is 2.26. The summed E-state index contributed by atoms with van der Waals surface area (Å²) in [5.74, 6) is -1.36. The summed E-state index contributed by atoms with van der Waals surface area (Å²) in [7, 11) is 1.23. The molecule has 6 nitrogen and oxygen atoms in total. The maximum atomic E-state index is 14.1. The van der Waals surface area contributed by atoms with Gasteiger partial charge in [0.1, 0.15) is 6.61 Å². The largest absolute Gasteiger partial charge is 0.479 e. The summed E-state index contributed by atoms with van der Waals surface area (Å²) in [6.45, 7) is 1.95. The van der Waals surface area contributed by atoms with Gasteiger partial charge in [0.05, 0.1) is 7.11 Å². The van der Waals surface area contributed by atoms with E-state index < -0.39 is 17.9 Å². The minimum atomic E-state index is -0.593. The molecule has 0 radical (unpaired) electrons. The number of rotatable bonds is 8. The standard InChI is InChI=1S/C20H22FNO5/c1-14(11-22-20(24)27-12-15-6-4-3-5-7-15)16-8-9-18(17(21)10-16)26-13-19(23)25-2/h3-10,14H,11-13H2,1-2H3,(H,22,24). The number of ether oxygens (including phenoxy) is 3. The van der Waals surface area contributed by atoms with Gasteiger partial charge >= 0.3 is 12.1 Å². The monoisotopic (exact) mass is 375 g/mol. The van der Waals surface area contributed by atoms with E-state index in [-0.39, 0.29) is 31.4 Å². The number of nitrogens with one attached hydrogen (secondary N) is 1. The fraction of sp³-hybridized carbons (Fsp3) is 0.300. The number of carbonyl (C=O) groups is 2. The van der Waals surface area contributed by atoms with Gasteiger partial charge in [-0.05, 0) is 29.2 Å². The number of halogens is 1. The Bertz CT molecular complexity index is 766. The Balaban J connectivity index is 1.81. The number of amides is 1. The Labute approximate surface area is 157 Å². The molecule has 0 saturated heterocycles. The van der Waals surface area contributed by atoms with Crippen molar-refractivity contribution in [2.75, 3.05) is 20.3 Å². The van der Waals surface area contributed by atoms with Crippen LogP contribution in [0.25, 0.3) is 0 Å². The minimum Gasteiger partial charge on any atom is -0.479 e. The molecule has 2 aromatic carbocycles. The van der Waals surface area contributed by atoms with Gasteiger partial charge < -0.3 is 19.5 Å². The molecule has 0 aliphatic rings. The second-order valence-electron chi connectivity index (χ2n) is 5.90. The SMILES string of the molecule is COC(=O)COc1ccc(C(C)CNC(=O)OCc2ccccc2)cc1F. The molecule has 0 saturated carbocycles. The summed E-state index contributed by atoms with van der Waals surface area (Å²) < 4.78 is 28.7. The van der Waals surface area contributed by atoms with Crippen molar-refractivity contribution in [3.05, 3.63) is 65.5 Å². The first-order valence-corrected chi connectivity index (χ1v) is 8.43. The maximum Gasteiger partial charge on any atom is 0.407 e. The molecule has 0 heterocycles. The van der Waals surface area contributed by atoms with Gasteiger partial charge in [0, 0.05) is 6.54 Å². The van der Waals surface area contributed by atoms with Crippen molar-refractivity contribution >= 4 is 12.1 Å². The lowest BCUT2D eigenvalue weighted by Crippen LogP contribution is -2.28. The predicted octanol–water partition coefficient (Wildman–Crippen LogP) is 3.41. The third-order valence-electron chi connectivity index (χ3n) is 3.86. The topological polar surface area (TPSA) is 73.9 Å². The summed E-state index contributed by atoms with van der Waals surface area (Å²) in [6, 6.07) is 13.8. The summed E-state index contributed by atoms with van der Waals surface area (Å²) in [4.78, 5) is 22.8. The molecule has 1 atom stereocenters. The van der Waals surface area contributed by atoms with Gasteiger partial charge in [-0.3, -0.25) is 0 Å². The van der Waals surface area contributed by atoms with E-state index in [1.165, 1.54) is 19.2 Å². The third kappa shape index (κ3) is 6.62. The smallest absolute Gasteiger partial charge is 0.407 e. The minimum absolute atomic E-state index is 0.0356. The summed E-state index contributed by atoms with van der Waals surface area (Å²) >= 11 is 0. The number of hydrogen-bond donors (Lipinski definition) is 1. The lowest BCUT2D eigenvalue weighted by Gasteiger charge is -2.14. The lowest BCUT2D eigenvalue weighted by atomic mass is 10.0. The third-order valence-corrected chi connectivity index (χ3v) is 3.86. The van der Waals surface area contributed by atoms with Crippen molar-refractivity contribution in [3.8, 4) is 5.75 Å². The summed E-state index contributed by atoms with van der Waals surface area (Å²) in [6.07, 6.45) is -0.538. The van der Waals surface area contributed by atoms with Gasteiger partial charge in [-0.25, -0.2) is 14.0 Å². The zero-order valence-electron chi connectivity index (χ0n) is 15.2. The molecule has 7 heteroatoms. The zero-order chi connectivity index (χ0) is 19.6. The molecule has 0 aliphatic carbocycles. The molecule has 144 valence electrons. The first-order chi connectivity index (χ1) is 13.0. The van der Waals surface area contributed by atoms with Crippen molar-refractivity contribution in [1.82, 2.24) is 5.32 Å². The highest BCUT2D eigenvalue weighted by atomic mass is 19.1. The van der Waals surface area contributed by atoms with Crippen molar-refractivity contribution in [1.29, 1.82) is 0 Å². The predicted molar refractivity (Wildman–Crippen MR) is 97.0 cm³/mol. The van der Waals surface area contributed by atoms with E-state index >= 15 is 0 Å². The van der Waals surface area contributed by atoms with Crippen LogP contribution in [-0.2, 0) is 20.9 Å². The normalized spacial score (nSPS) is 11.4. The van der Waals surface area contributed by atoms with Crippen molar-refractivity contribution < 1.29 is 28.2 Å². The first kappa shape index (κ1) is 20.2. The molecule has 0 spiro atoms. The van der Waals surface area contributed by atoms with Gasteiger partial charge in [0.25, 0.3) is 0 Å². The van der Waals surface area contributed by atoms with E-state index in [0.717, 1.165) is 5.56 Å². The van der Waals surface area contributed by atoms with Crippen LogP contribution in [0.3, 0.4) is 0 Å². The van der Waals surface area contributed by atoms with Crippen LogP contribution in [-0.4, -0.2) is 32.3 Å². The van der Waals surface area contributed by atoms with E-state index in [2.05, 4.69) is 10.1 Å². The zero-order valence-corrected chi connectivity index (χ0v) is 15.2. The average Bonchev–Trinajstić information content (AvgIpc) is 2.69. The number of carbonyl (C=O) groups excluding carboxylic acids is 2. The molecule has 1 amide bonds. The van der Waals surface area contributed by atoms with Crippen LogP contribution in [0.2, 0.25) is 0 Å². The fourth-order valence-corrected chi connectivity index (χ4v) is 2.26. The molecule has 1 unspecified atom stereocenters. The number of alkyl carbamates (subject to hydrolysis) is 1. The van der Waals surface area contributed by atoms with E-state index in [1.54, 1.807) is 6.07 Å². The second kappa shape index (κ2) is 10.2.